The molecule has 4 heteroatoms. The number of aromatic carboxylic acids is 1. The molecule has 0 aliphatic carbocycles. The molecule has 198 valence electrons. The summed E-state index contributed by atoms with van der Waals surface area (Å²) in [5, 5.41) is 9.27. The van der Waals surface area contributed by atoms with Crippen LogP contribution in [0.25, 0.3) is 22.3 Å². The van der Waals surface area contributed by atoms with Gasteiger partial charge in [-0.3, -0.25) is 0 Å². The molecule has 0 fully saturated rings. The fraction of sp³-hybridized carbons (Fsp3) is 0.424. The summed E-state index contributed by atoms with van der Waals surface area (Å²) in [6.07, 6.45) is 12.6. The topological polar surface area (TPSA) is 46.5 Å². The molecule has 0 heterocycles. The van der Waals surface area contributed by atoms with Crippen LogP contribution in [0.5, 0.6) is 5.75 Å². The van der Waals surface area contributed by atoms with Crippen LogP contribution in [0.3, 0.4) is 0 Å². The molecular weight excluding hydrogens is 463 g/mol. The summed E-state index contributed by atoms with van der Waals surface area (Å²) in [4.78, 5) is 11.3. The van der Waals surface area contributed by atoms with Gasteiger partial charge in [0.2, 0.25) is 0 Å². The zero-order valence-corrected chi connectivity index (χ0v) is 22.4. The maximum absolute atomic E-state index is 15.5. The van der Waals surface area contributed by atoms with Gasteiger partial charge in [0.25, 0.3) is 0 Å². The van der Waals surface area contributed by atoms with Gasteiger partial charge < -0.3 is 9.84 Å². The summed E-state index contributed by atoms with van der Waals surface area (Å²) in [5.74, 6) is -0.493. The van der Waals surface area contributed by atoms with E-state index >= 15 is 4.39 Å². The highest BCUT2D eigenvalue weighted by Gasteiger charge is 2.15. The number of carboxylic acid groups (broad SMARTS) is 1. The number of benzene rings is 3. The molecule has 3 nitrogen and oxygen atoms in total. The van der Waals surface area contributed by atoms with Crippen LogP contribution in [-0.4, -0.2) is 17.7 Å². The van der Waals surface area contributed by atoms with Gasteiger partial charge in [0.1, 0.15) is 11.6 Å². The van der Waals surface area contributed by atoms with E-state index in [0.29, 0.717) is 12.2 Å². The minimum Gasteiger partial charge on any atom is -0.494 e. The van der Waals surface area contributed by atoms with E-state index in [1.807, 2.05) is 30.3 Å². The van der Waals surface area contributed by atoms with Crippen LogP contribution in [0.1, 0.15) is 94.0 Å². The number of ether oxygens (including phenoxy) is 1. The maximum atomic E-state index is 15.5. The molecule has 1 N–H and O–H groups in total. The summed E-state index contributed by atoms with van der Waals surface area (Å²) < 4.78 is 21.5. The second-order valence-corrected chi connectivity index (χ2v) is 9.83. The second kappa shape index (κ2) is 15.2. The minimum absolute atomic E-state index is 0.225. The maximum Gasteiger partial charge on any atom is 0.335 e. The highest BCUT2D eigenvalue weighted by atomic mass is 19.1. The summed E-state index contributed by atoms with van der Waals surface area (Å²) in [7, 11) is 0. The van der Waals surface area contributed by atoms with Crippen LogP contribution < -0.4 is 4.74 Å². The quantitative estimate of drug-likeness (QED) is 0.197. The van der Waals surface area contributed by atoms with Crippen molar-refractivity contribution in [3.05, 3.63) is 77.6 Å². The smallest absolute Gasteiger partial charge is 0.335 e. The number of hydrogen-bond acceptors (Lipinski definition) is 2. The number of hydrogen-bond donors (Lipinski definition) is 1. The lowest BCUT2D eigenvalue weighted by Gasteiger charge is -2.15. The van der Waals surface area contributed by atoms with Gasteiger partial charge >= 0.3 is 5.97 Å². The molecule has 0 atom stereocenters. The van der Waals surface area contributed by atoms with Crippen molar-refractivity contribution in [3.63, 3.8) is 0 Å². The van der Waals surface area contributed by atoms with E-state index in [1.54, 1.807) is 30.3 Å². The van der Waals surface area contributed by atoms with E-state index in [1.165, 1.54) is 44.9 Å². The third-order valence-electron chi connectivity index (χ3n) is 6.84. The van der Waals surface area contributed by atoms with Crippen molar-refractivity contribution in [2.24, 2.45) is 0 Å². The molecule has 3 aromatic rings. The van der Waals surface area contributed by atoms with E-state index in [4.69, 9.17) is 4.74 Å². The van der Waals surface area contributed by atoms with Gasteiger partial charge in [-0.1, -0.05) is 95.5 Å². The number of aryl methyl sites for hydroxylation is 1. The van der Waals surface area contributed by atoms with Crippen molar-refractivity contribution in [2.75, 3.05) is 6.61 Å². The molecule has 0 unspecified atom stereocenters. The lowest BCUT2D eigenvalue weighted by molar-refractivity contribution is 0.0697. The number of carboxylic acids is 1. The molecule has 0 amide bonds. The van der Waals surface area contributed by atoms with Crippen molar-refractivity contribution < 1.29 is 19.0 Å². The lowest BCUT2D eigenvalue weighted by atomic mass is 9.92. The Morgan fingerprint density at radius 3 is 2.03 bits per heavy atom. The van der Waals surface area contributed by atoms with E-state index in [9.17, 15) is 9.90 Å². The van der Waals surface area contributed by atoms with Gasteiger partial charge in [-0.15, -0.1) is 0 Å². The molecule has 0 saturated carbocycles. The molecule has 0 bridgehead atoms. The molecule has 0 aliphatic heterocycles. The molecule has 3 aromatic carbocycles. The van der Waals surface area contributed by atoms with Crippen molar-refractivity contribution in [3.8, 4) is 28.0 Å². The number of carbonyl (C=O) groups is 1. The summed E-state index contributed by atoms with van der Waals surface area (Å²) in [6, 6.07) is 18.0. The van der Waals surface area contributed by atoms with E-state index in [-0.39, 0.29) is 11.4 Å². The minimum atomic E-state index is -0.967. The molecule has 0 spiro atoms. The third-order valence-corrected chi connectivity index (χ3v) is 6.84. The summed E-state index contributed by atoms with van der Waals surface area (Å²) in [5.41, 5.74) is 4.20. The van der Waals surface area contributed by atoms with Crippen molar-refractivity contribution in [1.82, 2.24) is 0 Å². The van der Waals surface area contributed by atoms with E-state index in [0.717, 1.165) is 53.7 Å². The van der Waals surface area contributed by atoms with Crippen LogP contribution >= 0.6 is 0 Å². The third kappa shape index (κ3) is 8.73. The van der Waals surface area contributed by atoms with Crippen LogP contribution in [0.4, 0.5) is 4.39 Å². The largest absolute Gasteiger partial charge is 0.494 e. The van der Waals surface area contributed by atoms with E-state index in [2.05, 4.69) is 13.8 Å². The number of unbranched alkanes of at least 4 members (excludes halogenated alkanes) is 8. The fourth-order valence-corrected chi connectivity index (χ4v) is 4.64. The predicted molar refractivity (Wildman–Crippen MR) is 151 cm³/mol. The zero-order chi connectivity index (χ0) is 26.5. The van der Waals surface area contributed by atoms with Gasteiger partial charge in [-0.2, -0.15) is 0 Å². The molecule has 3 rings (SSSR count). The average molecular weight is 505 g/mol. The predicted octanol–water partition coefficient (Wildman–Crippen LogP) is 9.72. The first-order chi connectivity index (χ1) is 18.0. The van der Waals surface area contributed by atoms with Crippen LogP contribution in [0, 0.1) is 5.82 Å². The van der Waals surface area contributed by atoms with Crippen LogP contribution in [0.2, 0.25) is 0 Å². The van der Waals surface area contributed by atoms with Gasteiger partial charge in [0.15, 0.2) is 0 Å². The molecule has 0 aliphatic rings. The Morgan fingerprint density at radius 2 is 1.38 bits per heavy atom. The Balaban J connectivity index is 1.84. The lowest BCUT2D eigenvalue weighted by Crippen LogP contribution is -1.99. The SMILES string of the molecule is CCCCCCCOc1ccc(-c2ccc(C(=O)O)cc2)c(-c2ccc(CCCCCCC)cc2F)c1. The molecule has 0 aromatic heterocycles. The van der Waals surface area contributed by atoms with Crippen molar-refractivity contribution in [1.29, 1.82) is 0 Å². The Kier molecular flexibility index (Phi) is 11.7. The van der Waals surface area contributed by atoms with Crippen LogP contribution in [-0.2, 0) is 6.42 Å². The molecule has 0 radical (unpaired) electrons. The van der Waals surface area contributed by atoms with Crippen molar-refractivity contribution >= 4 is 5.97 Å². The van der Waals surface area contributed by atoms with Crippen LogP contribution in [0.15, 0.2) is 60.7 Å². The van der Waals surface area contributed by atoms with Gasteiger partial charge in [0, 0.05) is 5.56 Å². The van der Waals surface area contributed by atoms with Crippen molar-refractivity contribution in [2.45, 2.75) is 84.5 Å². The fourth-order valence-electron chi connectivity index (χ4n) is 4.64. The number of rotatable bonds is 16. The standard InChI is InChI=1S/C33H41FO3/c1-3-5-7-9-11-13-25-14-20-30(32(34)23-25)31-24-28(37-22-12-10-8-6-4-2)19-21-29(31)26-15-17-27(18-16-26)33(35)36/h14-21,23-24H,3-13,22H2,1-2H3,(H,35,36). The first-order valence-electron chi connectivity index (χ1n) is 13.9. The highest BCUT2D eigenvalue weighted by molar-refractivity contribution is 5.90. The Hall–Kier alpha value is -3.14. The average Bonchev–Trinajstić information content (AvgIpc) is 2.90. The molecule has 0 saturated heterocycles. The monoisotopic (exact) mass is 504 g/mol. The van der Waals surface area contributed by atoms with Gasteiger partial charge in [0.05, 0.1) is 12.2 Å². The Morgan fingerprint density at radius 1 is 0.730 bits per heavy atom. The summed E-state index contributed by atoms with van der Waals surface area (Å²) >= 11 is 0. The first-order valence-corrected chi connectivity index (χ1v) is 13.9. The Bertz CT molecular complexity index is 1120. The van der Waals surface area contributed by atoms with Gasteiger partial charge in [-0.25, -0.2) is 9.18 Å². The highest BCUT2D eigenvalue weighted by Crippen LogP contribution is 2.37. The Labute approximate surface area is 221 Å². The van der Waals surface area contributed by atoms with Gasteiger partial charge in [-0.05, 0) is 71.8 Å². The molecule has 37 heavy (non-hydrogen) atoms. The zero-order valence-electron chi connectivity index (χ0n) is 22.4. The normalized spacial score (nSPS) is 11.0. The number of halogens is 1. The summed E-state index contributed by atoms with van der Waals surface area (Å²) in [6.45, 7) is 5.04. The first kappa shape index (κ1) is 28.4. The second-order valence-electron chi connectivity index (χ2n) is 9.83. The molecular formula is C33H41FO3. The van der Waals surface area contributed by atoms with E-state index < -0.39 is 5.97 Å².